The van der Waals surface area contributed by atoms with Crippen LogP contribution >= 0.6 is 0 Å². The third kappa shape index (κ3) is 4.50. The second-order valence-electron chi connectivity index (χ2n) is 6.47. The largest absolute Gasteiger partial charge is 0.507 e. The van der Waals surface area contributed by atoms with Gasteiger partial charge in [-0.3, -0.25) is 0 Å². The van der Waals surface area contributed by atoms with Crippen molar-refractivity contribution in [2.75, 3.05) is 0 Å². The number of benzene rings is 2. The fraction of sp³-hybridized carbons (Fsp3) is 0.524. The number of hydrogen-bond donors (Lipinski definition) is 1. The first-order chi connectivity index (χ1) is 10.7. The van der Waals surface area contributed by atoms with Gasteiger partial charge in [-0.1, -0.05) is 82.2 Å². The molecule has 0 aliphatic heterocycles. The van der Waals surface area contributed by atoms with Gasteiger partial charge in [0.05, 0.1) is 0 Å². The Bertz CT molecular complexity index is 586. The van der Waals surface area contributed by atoms with E-state index >= 15 is 0 Å². The first kappa shape index (κ1) is 16.9. The average molecular weight is 298 g/mol. The van der Waals surface area contributed by atoms with E-state index < -0.39 is 0 Å². The van der Waals surface area contributed by atoms with Crippen LogP contribution < -0.4 is 0 Å². The zero-order valence-corrected chi connectivity index (χ0v) is 14.2. The molecule has 1 N–H and O–H groups in total. The lowest BCUT2D eigenvalue weighted by atomic mass is 9.97. The SMILES string of the molecule is CCCCCCCCCCc1cc(C)c2ccccc2c1O. The Morgan fingerprint density at radius 2 is 1.41 bits per heavy atom. The summed E-state index contributed by atoms with van der Waals surface area (Å²) in [5.74, 6) is 0.490. The van der Waals surface area contributed by atoms with Crippen LogP contribution in [-0.2, 0) is 6.42 Å². The van der Waals surface area contributed by atoms with Crippen LogP contribution in [0.15, 0.2) is 30.3 Å². The summed E-state index contributed by atoms with van der Waals surface area (Å²) < 4.78 is 0. The molecule has 0 amide bonds. The molecule has 0 heterocycles. The lowest BCUT2D eigenvalue weighted by molar-refractivity contribution is 0.472. The number of aryl methyl sites for hydroxylation is 2. The van der Waals surface area contributed by atoms with Gasteiger partial charge in [0, 0.05) is 5.39 Å². The van der Waals surface area contributed by atoms with Crippen LogP contribution in [0, 0.1) is 6.92 Å². The summed E-state index contributed by atoms with van der Waals surface area (Å²) in [6, 6.07) is 10.3. The van der Waals surface area contributed by atoms with Gasteiger partial charge in [0.25, 0.3) is 0 Å². The molecule has 0 atom stereocenters. The van der Waals surface area contributed by atoms with E-state index in [1.807, 2.05) is 18.2 Å². The lowest BCUT2D eigenvalue weighted by Gasteiger charge is -2.11. The quantitative estimate of drug-likeness (QED) is 0.521. The summed E-state index contributed by atoms with van der Waals surface area (Å²) >= 11 is 0. The molecule has 120 valence electrons. The van der Waals surface area contributed by atoms with Crippen molar-refractivity contribution in [2.45, 2.75) is 71.6 Å². The first-order valence-corrected chi connectivity index (χ1v) is 8.94. The molecule has 0 saturated carbocycles. The molecular formula is C21H30O. The summed E-state index contributed by atoms with van der Waals surface area (Å²) in [5, 5.41) is 12.6. The van der Waals surface area contributed by atoms with E-state index in [9.17, 15) is 5.11 Å². The number of phenolic OH excluding ortho intramolecular Hbond substituents is 1. The fourth-order valence-electron chi connectivity index (χ4n) is 3.25. The molecule has 0 radical (unpaired) electrons. The number of fused-ring (bicyclic) bond motifs is 1. The van der Waals surface area contributed by atoms with Gasteiger partial charge in [0.2, 0.25) is 0 Å². The van der Waals surface area contributed by atoms with Crippen LogP contribution in [0.4, 0.5) is 0 Å². The molecule has 22 heavy (non-hydrogen) atoms. The molecule has 0 spiro atoms. The second kappa shape index (κ2) is 8.82. The van der Waals surface area contributed by atoms with Gasteiger partial charge in [-0.05, 0) is 36.3 Å². The minimum Gasteiger partial charge on any atom is -0.507 e. The molecule has 0 aliphatic carbocycles. The molecule has 2 aromatic carbocycles. The van der Waals surface area contributed by atoms with Gasteiger partial charge in [0.1, 0.15) is 5.75 Å². The molecule has 1 heteroatoms. The summed E-state index contributed by atoms with van der Waals surface area (Å²) in [6.07, 6.45) is 11.6. The van der Waals surface area contributed by atoms with E-state index in [-0.39, 0.29) is 0 Å². The summed E-state index contributed by atoms with van der Waals surface area (Å²) in [4.78, 5) is 0. The average Bonchev–Trinajstić information content (AvgIpc) is 2.54. The standard InChI is InChI=1S/C21H30O/c1-3-4-5-6-7-8-9-10-13-18-16-17(2)19-14-11-12-15-20(19)21(18)22/h11-12,14-16,22H,3-10,13H2,1-2H3. The Kier molecular flexibility index (Phi) is 6.76. The Morgan fingerprint density at radius 1 is 0.818 bits per heavy atom. The molecule has 0 unspecified atom stereocenters. The first-order valence-electron chi connectivity index (χ1n) is 8.94. The van der Waals surface area contributed by atoms with Gasteiger partial charge in [-0.15, -0.1) is 0 Å². The Labute approximate surface area is 135 Å². The molecular weight excluding hydrogens is 268 g/mol. The molecule has 1 nitrogen and oxygen atoms in total. The third-order valence-corrected chi connectivity index (χ3v) is 4.60. The van der Waals surface area contributed by atoms with E-state index in [1.54, 1.807) is 0 Å². The van der Waals surface area contributed by atoms with E-state index in [4.69, 9.17) is 0 Å². The molecule has 0 aromatic heterocycles. The van der Waals surface area contributed by atoms with E-state index in [0.29, 0.717) is 5.75 Å². The minimum atomic E-state index is 0.490. The van der Waals surface area contributed by atoms with Crippen molar-refractivity contribution in [3.8, 4) is 5.75 Å². The highest BCUT2D eigenvalue weighted by molar-refractivity contribution is 5.91. The second-order valence-corrected chi connectivity index (χ2v) is 6.47. The molecule has 0 fully saturated rings. The number of aromatic hydroxyl groups is 1. The smallest absolute Gasteiger partial charge is 0.126 e. The van der Waals surface area contributed by atoms with Crippen LogP contribution in [-0.4, -0.2) is 5.11 Å². The molecule has 0 saturated heterocycles. The fourth-order valence-corrected chi connectivity index (χ4v) is 3.25. The third-order valence-electron chi connectivity index (χ3n) is 4.60. The maximum Gasteiger partial charge on any atom is 0.126 e. The number of unbranched alkanes of at least 4 members (excludes halogenated alkanes) is 7. The van der Waals surface area contributed by atoms with Gasteiger partial charge in [0.15, 0.2) is 0 Å². The van der Waals surface area contributed by atoms with Crippen molar-refractivity contribution < 1.29 is 5.11 Å². The summed E-state index contributed by atoms with van der Waals surface area (Å²) in [6.45, 7) is 4.40. The van der Waals surface area contributed by atoms with Crippen LogP contribution in [0.2, 0.25) is 0 Å². The Hall–Kier alpha value is -1.50. The van der Waals surface area contributed by atoms with Gasteiger partial charge in [-0.25, -0.2) is 0 Å². The zero-order valence-electron chi connectivity index (χ0n) is 14.2. The van der Waals surface area contributed by atoms with Crippen LogP contribution in [0.5, 0.6) is 5.75 Å². The van der Waals surface area contributed by atoms with Gasteiger partial charge >= 0.3 is 0 Å². The zero-order chi connectivity index (χ0) is 15.8. The number of phenols is 1. The maximum atomic E-state index is 10.5. The topological polar surface area (TPSA) is 20.2 Å². The Balaban J connectivity index is 1.83. The highest BCUT2D eigenvalue weighted by Crippen LogP contribution is 2.32. The minimum absolute atomic E-state index is 0.490. The van der Waals surface area contributed by atoms with Crippen molar-refractivity contribution in [1.29, 1.82) is 0 Å². The van der Waals surface area contributed by atoms with E-state index in [0.717, 1.165) is 17.4 Å². The Morgan fingerprint density at radius 3 is 2.09 bits per heavy atom. The van der Waals surface area contributed by atoms with Crippen LogP contribution in [0.3, 0.4) is 0 Å². The molecule has 2 rings (SSSR count). The van der Waals surface area contributed by atoms with Crippen LogP contribution in [0.25, 0.3) is 10.8 Å². The van der Waals surface area contributed by atoms with Crippen molar-refractivity contribution in [1.82, 2.24) is 0 Å². The van der Waals surface area contributed by atoms with Crippen molar-refractivity contribution >= 4 is 10.8 Å². The summed E-state index contributed by atoms with van der Waals surface area (Å²) in [7, 11) is 0. The monoisotopic (exact) mass is 298 g/mol. The highest BCUT2D eigenvalue weighted by Gasteiger charge is 2.08. The van der Waals surface area contributed by atoms with Gasteiger partial charge in [-0.2, -0.15) is 0 Å². The van der Waals surface area contributed by atoms with Crippen molar-refractivity contribution in [3.05, 3.63) is 41.5 Å². The van der Waals surface area contributed by atoms with E-state index in [1.165, 1.54) is 62.3 Å². The lowest BCUT2D eigenvalue weighted by Crippen LogP contribution is -1.91. The predicted octanol–water partition coefficient (Wildman–Crippen LogP) is 6.54. The highest BCUT2D eigenvalue weighted by atomic mass is 16.3. The molecule has 0 bridgehead atoms. The number of rotatable bonds is 9. The number of hydrogen-bond acceptors (Lipinski definition) is 1. The van der Waals surface area contributed by atoms with Gasteiger partial charge < -0.3 is 5.11 Å². The molecule has 2 aromatic rings. The molecule has 0 aliphatic rings. The van der Waals surface area contributed by atoms with Crippen LogP contribution in [0.1, 0.15) is 69.4 Å². The van der Waals surface area contributed by atoms with E-state index in [2.05, 4.69) is 26.0 Å². The normalized spacial score (nSPS) is 11.2. The summed E-state index contributed by atoms with van der Waals surface area (Å²) in [5.41, 5.74) is 2.38. The van der Waals surface area contributed by atoms with Crippen molar-refractivity contribution in [2.24, 2.45) is 0 Å². The predicted molar refractivity (Wildman–Crippen MR) is 96.7 cm³/mol. The maximum absolute atomic E-state index is 10.5. The van der Waals surface area contributed by atoms with Crippen molar-refractivity contribution in [3.63, 3.8) is 0 Å².